The Morgan fingerprint density at radius 3 is 2.80 bits per heavy atom. The van der Waals surface area contributed by atoms with Crippen molar-refractivity contribution in [1.82, 2.24) is 5.32 Å². The van der Waals surface area contributed by atoms with E-state index >= 15 is 0 Å². The molecule has 3 N–H and O–H groups in total. The van der Waals surface area contributed by atoms with Crippen LogP contribution < -0.4 is 11.1 Å². The van der Waals surface area contributed by atoms with Crippen LogP contribution in [-0.4, -0.2) is 18.5 Å². The van der Waals surface area contributed by atoms with Gasteiger partial charge in [-0.1, -0.05) is 0 Å². The zero-order chi connectivity index (χ0) is 7.56. The lowest BCUT2D eigenvalue weighted by Crippen LogP contribution is -2.40. The molecule has 0 saturated carbocycles. The smallest absolute Gasteiger partial charge is 0.220 e. The van der Waals surface area contributed by atoms with Crippen molar-refractivity contribution < 1.29 is 4.79 Å². The quantitative estimate of drug-likeness (QED) is 0.535. The number of nitrogens with one attached hydrogen (secondary N) is 1. The van der Waals surface area contributed by atoms with Crippen LogP contribution in [-0.2, 0) is 4.79 Å². The molecule has 0 bridgehead atoms. The number of amides is 1. The number of primary amides is 1. The Balaban J connectivity index is 2.39. The number of hydrogen-bond acceptors (Lipinski definition) is 2. The van der Waals surface area contributed by atoms with Crippen molar-refractivity contribution in [3.63, 3.8) is 0 Å². The SMILES string of the molecule is C[C@@H]1C[C@H](C(N)=O)CCN1. The summed E-state index contributed by atoms with van der Waals surface area (Å²) in [4.78, 5) is 10.7. The highest BCUT2D eigenvalue weighted by atomic mass is 16.1. The Bertz CT molecular complexity index is 136. The first-order valence-electron chi connectivity index (χ1n) is 3.73. The molecular formula is C7H14N2O. The van der Waals surface area contributed by atoms with Crippen molar-refractivity contribution in [2.45, 2.75) is 25.8 Å². The molecule has 1 saturated heterocycles. The molecule has 0 aromatic heterocycles. The minimum absolute atomic E-state index is 0.108. The van der Waals surface area contributed by atoms with Gasteiger partial charge in [-0.3, -0.25) is 4.79 Å². The maximum Gasteiger partial charge on any atom is 0.220 e. The van der Waals surface area contributed by atoms with Crippen LogP contribution in [0.1, 0.15) is 19.8 Å². The van der Waals surface area contributed by atoms with Gasteiger partial charge in [0, 0.05) is 12.0 Å². The van der Waals surface area contributed by atoms with Gasteiger partial charge in [0.05, 0.1) is 0 Å². The minimum Gasteiger partial charge on any atom is -0.369 e. The topological polar surface area (TPSA) is 55.1 Å². The van der Waals surface area contributed by atoms with Crippen LogP contribution in [0.25, 0.3) is 0 Å². The molecule has 1 heterocycles. The highest BCUT2D eigenvalue weighted by molar-refractivity contribution is 5.76. The largest absolute Gasteiger partial charge is 0.369 e. The van der Waals surface area contributed by atoms with E-state index in [4.69, 9.17) is 5.73 Å². The second-order valence-corrected chi connectivity index (χ2v) is 2.98. The molecular weight excluding hydrogens is 128 g/mol. The molecule has 0 radical (unpaired) electrons. The van der Waals surface area contributed by atoms with E-state index in [0.717, 1.165) is 19.4 Å². The third-order valence-electron chi connectivity index (χ3n) is 2.03. The molecule has 1 aliphatic heterocycles. The molecule has 58 valence electrons. The van der Waals surface area contributed by atoms with E-state index in [1.54, 1.807) is 0 Å². The Morgan fingerprint density at radius 2 is 2.40 bits per heavy atom. The fourth-order valence-electron chi connectivity index (χ4n) is 1.39. The molecule has 1 aliphatic rings. The zero-order valence-corrected chi connectivity index (χ0v) is 6.26. The Labute approximate surface area is 61.0 Å². The van der Waals surface area contributed by atoms with Gasteiger partial charge in [-0.25, -0.2) is 0 Å². The molecule has 0 aliphatic carbocycles. The predicted octanol–water partition coefficient (Wildman–Crippen LogP) is -0.140. The number of nitrogens with two attached hydrogens (primary N) is 1. The standard InChI is InChI=1S/C7H14N2O/c1-5-4-6(7(8)10)2-3-9-5/h5-6,9H,2-4H2,1H3,(H2,8,10)/t5-,6-/m1/s1. The minimum atomic E-state index is -0.145. The van der Waals surface area contributed by atoms with Crippen molar-refractivity contribution in [3.8, 4) is 0 Å². The van der Waals surface area contributed by atoms with Gasteiger partial charge >= 0.3 is 0 Å². The summed E-state index contributed by atoms with van der Waals surface area (Å²) in [6.45, 7) is 3.00. The van der Waals surface area contributed by atoms with Crippen LogP contribution in [0.2, 0.25) is 0 Å². The third-order valence-corrected chi connectivity index (χ3v) is 2.03. The summed E-state index contributed by atoms with van der Waals surface area (Å²) in [6.07, 6.45) is 1.80. The lowest BCUT2D eigenvalue weighted by molar-refractivity contribution is -0.122. The van der Waals surface area contributed by atoms with Crippen LogP contribution in [0.3, 0.4) is 0 Å². The van der Waals surface area contributed by atoms with E-state index in [-0.39, 0.29) is 11.8 Å². The lowest BCUT2D eigenvalue weighted by Gasteiger charge is -2.25. The molecule has 0 aromatic rings. The fraction of sp³-hybridized carbons (Fsp3) is 0.857. The van der Waals surface area contributed by atoms with E-state index in [1.807, 2.05) is 0 Å². The molecule has 1 amide bonds. The summed E-state index contributed by atoms with van der Waals surface area (Å²) in [6, 6.07) is 0.450. The monoisotopic (exact) mass is 142 g/mol. The lowest BCUT2D eigenvalue weighted by atomic mass is 9.93. The van der Waals surface area contributed by atoms with Gasteiger partial charge in [0.2, 0.25) is 5.91 Å². The van der Waals surface area contributed by atoms with Crippen molar-refractivity contribution >= 4 is 5.91 Å². The van der Waals surface area contributed by atoms with E-state index in [1.165, 1.54) is 0 Å². The third kappa shape index (κ3) is 1.70. The molecule has 1 fully saturated rings. The number of carbonyl (C=O) groups is 1. The highest BCUT2D eigenvalue weighted by Crippen LogP contribution is 2.14. The van der Waals surface area contributed by atoms with E-state index in [2.05, 4.69) is 12.2 Å². The second kappa shape index (κ2) is 3.01. The van der Waals surface area contributed by atoms with Crippen molar-refractivity contribution in [2.24, 2.45) is 11.7 Å². The van der Waals surface area contributed by atoms with Crippen LogP contribution in [0.15, 0.2) is 0 Å². The number of piperidine rings is 1. The first kappa shape index (κ1) is 7.54. The summed E-state index contributed by atoms with van der Waals surface area (Å²) < 4.78 is 0. The normalized spacial score (nSPS) is 33.7. The molecule has 1 rings (SSSR count). The van der Waals surface area contributed by atoms with Gasteiger partial charge in [-0.2, -0.15) is 0 Å². The first-order valence-corrected chi connectivity index (χ1v) is 3.73. The summed E-state index contributed by atoms with van der Waals surface area (Å²) in [5, 5.41) is 3.26. The second-order valence-electron chi connectivity index (χ2n) is 2.98. The van der Waals surface area contributed by atoms with Crippen molar-refractivity contribution in [3.05, 3.63) is 0 Å². The maximum atomic E-state index is 10.7. The van der Waals surface area contributed by atoms with E-state index in [0.29, 0.717) is 6.04 Å². The van der Waals surface area contributed by atoms with E-state index in [9.17, 15) is 4.79 Å². The average Bonchev–Trinajstić information content (AvgIpc) is 1.88. The van der Waals surface area contributed by atoms with Gasteiger partial charge in [0.1, 0.15) is 0 Å². The number of hydrogen-bond donors (Lipinski definition) is 2. The molecule has 3 heteroatoms. The summed E-state index contributed by atoms with van der Waals surface area (Å²) in [5.41, 5.74) is 5.16. The molecule has 2 atom stereocenters. The summed E-state index contributed by atoms with van der Waals surface area (Å²) in [7, 11) is 0. The van der Waals surface area contributed by atoms with Crippen LogP contribution in [0.5, 0.6) is 0 Å². The summed E-state index contributed by atoms with van der Waals surface area (Å²) >= 11 is 0. The van der Waals surface area contributed by atoms with Crippen LogP contribution in [0, 0.1) is 5.92 Å². The maximum absolute atomic E-state index is 10.7. The number of rotatable bonds is 1. The van der Waals surface area contributed by atoms with Gasteiger partial charge in [-0.15, -0.1) is 0 Å². The molecule has 3 nitrogen and oxygen atoms in total. The summed E-state index contributed by atoms with van der Waals surface area (Å²) in [5.74, 6) is -0.0374. The molecule has 10 heavy (non-hydrogen) atoms. The van der Waals surface area contributed by atoms with Crippen molar-refractivity contribution in [2.75, 3.05) is 6.54 Å². The highest BCUT2D eigenvalue weighted by Gasteiger charge is 2.21. The van der Waals surface area contributed by atoms with Gasteiger partial charge in [0.25, 0.3) is 0 Å². The molecule has 0 aromatic carbocycles. The molecule has 0 spiro atoms. The van der Waals surface area contributed by atoms with Crippen LogP contribution >= 0.6 is 0 Å². The van der Waals surface area contributed by atoms with Crippen LogP contribution in [0.4, 0.5) is 0 Å². The zero-order valence-electron chi connectivity index (χ0n) is 6.26. The predicted molar refractivity (Wildman–Crippen MR) is 39.4 cm³/mol. The first-order chi connectivity index (χ1) is 4.70. The molecule has 0 unspecified atom stereocenters. The van der Waals surface area contributed by atoms with Gasteiger partial charge in [0.15, 0.2) is 0 Å². The van der Waals surface area contributed by atoms with Crippen molar-refractivity contribution in [1.29, 1.82) is 0 Å². The van der Waals surface area contributed by atoms with E-state index < -0.39 is 0 Å². The van der Waals surface area contributed by atoms with Gasteiger partial charge in [-0.05, 0) is 26.3 Å². The fourth-order valence-corrected chi connectivity index (χ4v) is 1.39. The average molecular weight is 142 g/mol. The van der Waals surface area contributed by atoms with Gasteiger partial charge < -0.3 is 11.1 Å². The Kier molecular flexibility index (Phi) is 2.27. The number of carbonyl (C=O) groups excluding carboxylic acids is 1. The Morgan fingerprint density at radius 1 is 1.70 bits per heavy atom. The Hall–Kier alpha value is -0.570.